The third-order valence-electron chi connectivity index (χ3n) is 2.82. The summed E-state index contributed by atoms with van der Waals surface area (Å²) in [4.78, 5) is 24.0. The van der Waals surface area contributed by atoms with Crippen LogP contribution in [0.4, 0.5) is 0 Å². The van der Waals surface area contributed by atoms with Crippen molar-refractivity contribution in [3.8, 4) is 0 Å². The van der Waals surface area contributed by atoms with Gasteiger partial charge in [0.1, 0.15) is 4.88 Å². The number of benzene rings is 1. The van der Waals surface area contributed by atoms with Crippen LogP contribution in [0.1, 0.15) is 20.8 Å². The lowest BCUT2D eigenvalue weighted by atomic mass is 10.2. The Balaban J connectivity index is 1.79. The lowest BCUT2D eigenvalue weighted by Gasteiger charge is -2.07. The summed E-state index contributed by atoms with van der Waals surface area (Å²) >= 11 is 4.72. The highest BCUT2D eigenvalue weighted by Crippen LogP contribution is 2.17. The predicted octanol–water partition coefficient (Wildman–Crippen LogP) is 3.29. The maximum absolute atomic E-state index is 11.8. The minimum Gasteiger partial charge on any atom is -0.451 e. The zero-order chi connectivity index (χ0) is 15.2. The van der Waals surface area contributed by atoms with Crippen molar-refractivity contribution < 1.29 is 14.3 Å². The highest BCUT2D eigenvalue weighted by atomic mass is 79.9. The summed E-state index contributed by atoms with van der Waals surface area (Å²) in [5.41, 5.74) is 1.82. The van der Waals surface area contributed by atoms with Gasteiger partial charge in [-0.05, 0) is 35.6 Å². The fourth-order valence-corrected chi connectivity index (χ4v) is 2.91. The maximum Gasteiger partial charge on any atom is 0.349 e. The topological polar surface area (TPSA) is 55.4 Å². The molecule has 1 heterocycles. The van der Waals surface area contributed by atoms with Gasteiger partial charge < -0.3 is 10.1 Å². The Kier molecular flexibility index (Phi) is 5.52. The van der Waals surface area contributed by atoms with Gasteiger partial charge in [-0.1, -0.05) is 34.1 Å². The molecule has 0 aliphatic rings. The van der Waals surface area contributed by atoms with Crippen LogP contribution >= 0.6 is 27.3 Å². The molecule has 0 bridgehead atoms. The smallest absolute Gasteiger partial charge is 0.349 e. The van der Waals surface area contributed by atoms with Crippen LogP contribution in [0.25, 0.3) is 0 Å². The standard InChI is InChI=1S/C15H14BrNO3S/c1-10-6-7-21-14(10)15(19)20-9-13(18)17-8-11-4-2-3-5-12(11)16/h2-7H,8-9H2,1H3,(H,17,18). The minimum atomic E-state index is -0.460. The molecule has 21 heavy (non-hydrogen) atoms. The van der Waals surface area contributed by atoms with Gasteiger partial charge in [0, 0.05) is 11.0 Å². The van der Waals surface area contributed by atoms with Crippen LogP contribution in [0.5, 0.6) is 0 Å². The van der Waals surface area contributed by atoms with Crippen LogP contribution in [-0.2, 0) is 16.1 Å². The molecule has 2 aromatic rings. The van der Waals surface area contributed by atoms with E-state index in [1.54, 1.807) is 0 Å². The van der Waals surface area contributed by atoms with Crippen LogP contribution in [0.3, 0.4) is 0 Å². The largest absolute Gasteiger partial charge is 0.451 e. The van der Waals surface area contributed by atoms with Crippen LogP contribution in [0.2, 0.25) is 0 Å². The zero-order valence-corrected chi connectivity index (χ0v) is 13.8. The van der Waals surface area contributed by atoms with E-state index in [-0.39, 0.29) is 12.5 Å². The van der Waals surface area contributed by atoms with Gasteiger partial charge >= 0.3 is 5.97 Å². The van der Waals surface area contributed by atoms with E-state index >= 15 is 0 Å². The number of nitrogens with one attached hydrogen (secondary N) is 1. The van der Waals surface area contributed by atoms with E-state index in [4.69, 9.17) is 4.74 Å². The van der Waals surface area contributed by atoms with Crippen LogP contribution in [0, 0.1) is 6.92 Å². The van der Waals surface area contributed by atoms with E-state index in [9.17, 15) is 9.59 Å². The molecule has 6 heteroatoms. The van der Waals surface area contributed by atoms with Crippen molar-refractivity contribution in [1.29, 1.82) is 0 Å². The predicted molar refractivity (Wildman–Crippen MR) is 85.3 cm³/mol. The van der Waals surface area contributed by atoms with E-state index in [2.05, 4.69) is 21.2 Å². The molecule has 0 unspecified atom stereocenters. The Bertz CT molecular complexity index is 654. The Morgan fingerprint density at radius 3 is 2.71 bits per heavy atom. The Labute approximate surface area is 135 Å². The second kappa shape index (κ2) is 7.38. The molecule has 1 aromatic heterocycles. The SMILES string of the molecule is Cc1ccsc1C(=O)OCC(=O)NCc1ccccc1Br. The number of ether oxygens (including phenoxy) is 1. The lowest BCUT2D eigenvalue weighted by molar-refractivity contribution is -0.124. The number of amides is 1. The van der Waals surface area contributed by atoms with Gasteiger partial charge in [0.25, 0.3) is 5.91 Å². The Morgan fingerprint density at radius 2 is 2.05 bits per heavy atom. The molecule has 0 aliphatic carbocycles. The molecule has 0 fully saturated rings. The van der Waals surface area contributed by atoms with Gasteiger partial charge in [-0.2, -0.15) is 0 Å². The van der Waals surface area contributed by atoms with E-state index in [0.29, 0.717) is 11.4 Å². The van der Waals surface area contributed by atoms with Gasteiger partial charge in [-0.3, -0.25) is 4.79 Å². The summed E-state index contributed by atoms with van der Waals surface area (Å²) in [6.45, 7) is 1.94. The molecule has 0 aliphatic heterocycles. The van der Waals surface area contributed by atoms with Crippen molar-refractivity contribution in [3.05, 3.63) is 56.2 Å². The molecule has 4 nitrogen and oxygen atoms in total. The Morgan fingerprint density at radius 1 is 1.29 bits per heavy atom. The van der Waals surface area contributed by atoms with Crippen LogP contribution < -0.4 is 5.32 Å². The number of esters is 1. The molecular formula is C15H14BrNO3S. The number of hydrogen-bond donors (Lipinski definition) is 1. The van der Waals surface area contributed by atoms with Gasteiger partial charge in [0.15, 0.2) is 6.61 Å². The average Bonchev–Trinajstić information content (AvgIpc) is 2.90. The summed E-state index contributed by atoms with van der Waals surface area (Å²) in [5, 5.41) is 4.53. The number of carbonyl (C=O) groups excluding carboxylic acids is 2. The third-order valence-corrected chi connectivity index (χ3v) is 4.59. The summed E-state index contributed by atoms with van der Waals surface area (Å²) in [7, 11) is 0. The second-order valence-corrected chi connectivity index (χ2v) is 6.15. The molecule has 1 N–H and O–H groups in total. The van der Waals surface area contributed by atoms with Crippen molar-refractivity contribution in [2.24, 2.45) is 0 Å². The highest BCUT2D eigenvalue weighted by Gasteiger charge is 2.13. The van der Waals surface area contributed by atoms with E-state index < -0.39 is 5.97 Å². The first kappa shape index (κ1) is 15.7. The van der Waals surface area contributed by atoms with E-state index in [1.807, 2.05) is 42.6 Å². The zero-order valence-electron chi connectivity index (χ0n) is 11.4. The number of carbonyl (C=O) groups is 2. The van der Waals surface area contributed by atoms with Crippen LogP contribution in [0.15, 0.2) is 40.2 Å². The van der Waals surface area contributed by atoms with Crippen molar-refractivity contribution in [3.63, 3.8) is 0 Å². The summed E-state index contributed by atoms with van der Waals surface area (Å²) < 4.78 is 5.92. The molecule has 110 valence electrons. The number of aryl methyl sites for hydroxylation is 1. The molecule has 0 saturated heterocycles. The van der Waals surface area contributed by atoms with Gasteiger partial charge in [0.05, 0.1) is 0 Å². The number of rotatable bonds is 5. The first-order chi connectivity index (χ1) is 10.1. The second-order valence-electron chi connectivity index (χ2n) is 4.38. The summed E-state index contributed by atoms with van der Waals surface area (Å²) in [5.74, 6) is -0.785. The lowest BCUT2D eigenvalue weighted by Crippen LogP contribution is -2.28. The monoisotopic (exact) mass is 367 g/mol. The molecule has 0 atom stereocenters. The third kappa shape index (κ3) is 4.41. The minimum absolute atomic E-state index is 0.277. The molecule has 0 radical (unpaired) electrons. The number of hydrogen-bond acceptors (Lipinski definition) is 4. The first-order valence-corrected chi connectivity index (χ1v) is 7.96. The highest BCUT2D eigenvalue weighted by molar-refractivity contribution is 9.10. The van der Waals surface area contributed by atoms with Gasteiger partial charge in [-0.15, -0.1) is 11.3 Å². The average molecular weight is 368 g/mol. The number of halogens is 1. The molecular weight excluding hydrogens is 354 g/mol. The van der Waals surface area contributed by atoms with Crippen LogP contribution in [-0.4, -0.2) is 18.5 Å². The maximum atomic E-state index is 11.8. The molecule has 0 spiro atoms. The Hall–Kier alpha value is -1.66. The van der Waals surface area contributed by atoms with Gasteiger partial charge in [0.2, 0.25) is 0 Å². The van der Waals surface area contributed by atoms with Gasteiger partial charge in [-0.25, -0.2) is 4.79 Å². The molecule has 1 amide bonds. The number of thiophene rings is 1. The van der Waals surface area contributed by atoms with E-state index in [0.717, 1.165) is 15.6 Å². The van der Waals surface area contributed by atoms with Crippen molar-refractivity contribution >= 4 is 39.1 Å². The molecule has 2 rings (SSSR count). The quantitative estimate of drug-likeness (QED) is 0.824. The van der Waals surface area contributed by atoms with Crippen molar-refractivity contribution in [1.82, 2.24) is 5.32 Å². The van der Waals surface area contributed by atoms with E-state index in [1.165, 1.54) is 11.3 Å². The summed E-state index contributed by atoms with van der Waals surface area (Å²) in [6.07, 6.45) is 0. The molecule has 1 aromatic carbocycles. The summed E-state index contributed by atoms with van der Waals surface area (Å²) in [6, 6.07) is 9.45. The fourth-order valence-electron chi connectivity index (χ4n) is 1.67. The van der Waals surface area contributed by atoms with Crippen molar-refractivity contribution in [2.75, 3.05) is 6.61 Å². The van der Waals surface area contributed by atoms with Crippen molar-refractivity contribution in [2.45, 2.75) is 13.5 Å². The normalized spacial score (nSPS) is 10.2. The fraction of sp³-hybridized carbons (Fsp3) is 0.200. The molecule has 0 saturated carbocycles. The first-order valence-electron chi connectivity index (χ1n) is 6.29.